The number of likely N-dealkylation sites (tertiary alicyclic amines) is 1. The molecule has 8 heteroatoms. The van der Waals surface area contributed by atoms with Crippen LogP contribution < -0.4 is 0 Å². The van der Waals surface area contributed by atoms with Gasteiger partial charge in [0.15, 0.2) is 0 Å². The summed E-state index contributed by atoms with van der Waals surface area (Å²) < 4.78 is 0. The molecule has 4 amide bonds. The van der Waals surface area contributed by atoms with Crippen molar-refractivity contribution in [3.8, 4) is 0 Å². The lowest BCUT2D eigenvalue weighted by molar-refractivity contribution is -0.141. The number of nitrogens with zero attached hydrogens (tertiary/aromatic N) is 3. The zero-order valence-corrected chi connectivity index (χ0v) is 11.9. The highest BCUT2D eigenvalue weighted by atomic mass is 16.4. The molecule has 8 nitrogen and oxygen atoms in total. The van der Waals surface area contributed by atoms with E-state index in [1.54, 1.807) is 4.90 Å². The van der Waals surface area contributed by atoms with Crippen molar-refractivity contribution < 1.29 is 24.3 Å². The molecule has 2 rings (SSSR count). The molecule has 0 aromatic carbocycles. The van der Waals surface area contributed by atoms with Gasteiger partial charge in [-0.25, -0.2) is 4.79 Å². The minimum absolute atomic E-state index is 0.00620. The second-order valence-electron chi connectivity index (χ2n) is 5.56. The van der Waals surface area contributed by atoms with Crippen LogP contribution in [0.4, 0.5) is 4.79 Å². The molecular formula is C13H19N3O5. The predicted molar refractivity (Wildman–Crippen MR) is 71.3 cm³/mol. The minimum atomic E-state index is -0.874. The number of amides is 4. The van der Waals surface area contributed by atoms with Crippen LogP contribution >= 0.6 is 0 Å². The molecule has 2 aliphatic rings. The van der Waals surface area contributed by atoms with Crippen LogP contribution in [0.1, 0.15) is 19.3 Å². The molecular weight excluding hydrogens is 278 g/mol. The Morgan fingerprint density at radius 1 is 1.33 bits per heavy atom. The molecule has 2 saturated heterocycles. The zero-order valence-electron chi connectivity index (χ0n) is 11.9. The van der Waals surface area contributed by atoms with Gasteiger partial charge in [-0.2, -0.15) is 0 Å². The number of hydrogen-bond acceptors (Lipinski definition) is 4. The number of urea groups is 1. The highest BCUT2D eigenvalue weighted by molar-refractivity contribution is 6.04. The number of aliphatic carboxylic acids is 1. The van der Waals surface area contributed by atoms with Crippen LogP contribution in [0.3, 0.4) is 0 Å². The standard InChI is InChI=1S/C13H19N3O5/c1-14-7-11(18)16(13(14)21)8-10(17)15-4-2-3-9(6-15)5-12(19)20/h9H,2-8H2,1H3,(H,19,20). The first kappa shape index (κ1) is 15.3. The predicted octanol–water partition coefficient (Wildman–Crippen LogP) is -0.406. The van der Waals surface area contributed by atoms with Crippen LogP contribution in [0.25, 0.3) is 0 Å². The van der Waals surface area contributed by atoms with Crippen molar-refractivity contribution in [1.29, 1.82) is 0 Å². The number of hydrogen-bond donors (Lipinski definition) is 1. The van der Waals surface area contributed by atoms with Gasteiger partial charge in [0.1, 0.15) is 13.1 Å². The van der Waals surface area contributed by atoms with E-state index in [4.69, 9.17) is 5.11 Å². The molecule has 0 spiro atoms. The van der Waals surface area contributed by atoms with Gasteiger partial charge in [-0.1, -0.05) is 0 Å². The fourth-order valence-corrected chi connectivity index (χ4v) is 2.76. The fourth-order valence-electron chi connectivity index (χ4n) is 2.76. The van der Waals surface area contributed by atoms with E-state index < -0.39 is 12.0 Å². The van der Waals surface area contributed by atoms with E-state index in [0.717, 1.165) is 17.7 Å². The smallest absolute Gasteiger partial charge is 0.327 e. The van der Waals surface area contributed by atoms with Crippen LogP contribution in [-0.4, -0.2) is 76.8 Å². The Balaban J connectivity index is 1.92. The van der Waals surface area contributed by atoms with Gasteiger partial charge in [-0.05, 0) is 18.8 Å². The van der Waals surface area contributed by atoms with Gasteiger partial charge in [-0.3, -0.25) is 19.3 Å². The molecule has 2 aliphatic heterocycles. The van der Waals surface area contributed by atoms with Crippen LogP contribution in [0.5, 0.6) is 0 Å². The van der Waals surface area contributed by atoms with E-state index in [2.05, 4.69) is 0 Å². The molecule has 2 heterocycles. The average molecular weight is 297 g/mol. The summed E-state index contributed by atoms with van der Waals surface area (Å²) in [5.74, 6) is -1.62. The molecule has 2 fully saturated rings. The third-order valence-corrected chi connectivity index (χ3v) is 3.86. The second kappa shape index (κ2) is 6.11. The highest BCUT2D eigenvalue weighted by Crippen LogP contribution is 2.20. The van der Waals surface area contributed by atoms with Crippen molar-refractivity contribution in [2.24, 2.45) is 5.92 Å². The molecule has 0 aromatic rings. The number of carboxylic acid groups (broad SMARTS) is 1. The lowest BCUT2D eigenvalue weighted by atomic mass is 9.95. The molecule has 1 unspecified atom stereocenters. The molecule has 0 aromatic heterocycles. The van der Waals surface area contributed by atoms with Crippen molar-refractivity contribution >= 4 is 23.8 Å². The number of carbonyl (C=O) groups excluding carboxylic acids is 3. The Labute approximate surface area is 122 Å². The Morgan fingerprint density at radius 3 is 2.62 bits per heavy atom. The van der Waals surface area contributed by atoms with E-state index in [1.165, 1.54) is 11.9 Å². The summed E-state index contributed by atoms with van der Waals surface area (Å²) in [5.41, 5.74) is 0. The Hall–Kier alpha value is -2.12. The van der Waals surface area contributed by atoms with E-state index in [1.807, 2.05) is 0 Å². The first-order valence-corrected chi connectivity index (χ1v) is 6.93. The molecule has 0 saturated carbocycles. The van der Waals surface area contributed by atoms with Gasteiger partial charge >= 0.3 is 12.0 Å². The lowest BCUT2D eigenvalue weighted by Gasteiger charge is -2.32. The lowest BCUT2D eigenvalue weighted by Crippen LogP contribution is -2.47. The van der Waals surface area contributed by atoms with Crippen molar-refractivity contribution in [3.05, 3.63) is 0 Å². The van der Waals surface area contributed by atoms with Gasteiger partial charge < -0.3 is 14.9 Å². The summed E-state index contributed by atoms with van der Waals surface area (Å²) in [6.07, 6.45) is 1.56. The number of piperidine rings is 1. The molecule has 21 heavy (non-hydrogen) atoms. The molecule has 0 radical (unpaired) electrons. The van der Waals surface area contributed by atoms with E-state index >= 15 is 0 Å². The number of rotatable bonds is 4. The summed E-state index contributed by atoms with van der Waals surface area (Å²) >= 11 is 0. The Kier molecular flexibility index (Phi) is 4.44. The van der Waals surface area contributed by atoms with Gasteiger partial charge in [0.25, 0.3) is 5.91 Å². The largest absolute Gasteiger partial charge is 0.481 e. The van der Waals surface area contributed by atoms with Gasteiger partial charge in [0, 0.05) is 26.6 Å². The molecule has 0 bridgehead atoms. The van der Waals surface area contributed by atoms with E-state index in [-0.39, 0.29) is 37.2 Å². The van der Waals surface area contributed by atoms with Gasteiger partial charge in [0.05, 0.1) is 0 Å². The number of likely N-dealkylation sites (N-methyl/N-ethyl adjacent to an activating group) is 1. The second-order valence-corrected chi connectivity index (χ2v) is 5.56. The van der Waals surface area contributed by atoms with Crippen molar-refractivity contribution in [1.82, 2.24) is 14.7 Å². The first-order valence-electron chi connectivity index (χ1n) is 6.93. The van der Waals surface area contributed by atoms with Crippen LogP contribution in [0.15, 0.2) is 0 Å². The third kappa shape index (κ3) is 3.50. The van der Waals surface area contributed by atoms with Crippen molar-refractivity contribution in [2.75, 3.05) is 33.2 Å². The molecule has 0 aliphatic carbocycles. The number of imide groups is 1. The normalized spacial score (nSPS) is 22.9. The summed E-state index contributed by atoms with van der Waals surface area (Å²) in [5, 5.41) is 8.81. The average Bonchev–Trinajstić information content (AvgIpc) is 2.65. The molecule has 116 valence electrons. The summed E-state index contributed by atoms with van der Waals surface area (Å²) in [7, 11) is 1.51. The summed E-state index contributed by atoms with van der Waals surface area (Å²) in [6.45, 7) is 0.647. The zero-order chi connectivity index (χ0) is 15.6. The number of carbonyl (C=O) groups is 4. The monoisotopic (exact) mass is 297 g/mol. The van der Waals surface area contributed by atoms with Gasteiger partial charge in [-0.15, -0.1) is 0 Å². The van der Waals surface area contributed by atoms with Crippen molar-refractivity contribution in [2.45, 2.75) is 19.3 Å². The van der Waals surface area contributed by atoms with Crippen LogP contribution in [-0.2, 0) is 14.4 Å². The Bertz CT molecular complexity index is 478. The van der Waals surface area contributed by atoms with Crippen LogP contribution in [0, 0.1) is 5.92 Å². The third-order valence-electron chi connectivity index (χ3n) is 3.86. The maximum Gasteiger partial charge on any atom is 0.327 e. The highest BCUT2D eigenvalue weighted by Gasteiger charge is 2.36. The molecule has 1 atom stereocenters. The molecule has 1 N–H and O–H groups in total. The van der Waals surface area contributed by atoms with Gasteiger partial charge in [0.2, 0.25) is 5.91 Å². The van der Waals surface area contributed by atoms with E-state index in [9.17, 15) is 19.2 Å². The first-order chi connectivity index (χ1) is 9.88. The Morgan fingerprint density at radius 2 is 2.05 bits per heavy atom. The fraction of sp³-hybridized carbons (Fsp3) is 0.692. The quantitative estimate of drug-likeness (QED) is 0.712. The maximum absolute atomic E-state index is 12.2. The SMILES string of the molecule is CN1CC(=O)N(CC(=O)N2CCCC(CC(=O)O)C2)C1=O. The summed E-state index contributed by atoms with van der Waals surface area (Å²) in [4.78, 5) is 50.1. The minimum Gasteiger partial charge on any atom is -0.481 e. The van der Waals surface area contributed by atoms with Crippen LogP contribution in [0.2, 0.25) is 0 Å². The van der Waals surface area contributed by atoms with Crippen molar-refractivity contribution in [3.63, 3.8) is 0 Å². The topological polar surface area (TPSA) is 98.2 Å². The maximum atomic E-state index is 12.2. The number of carboxylic acids is 1. The van der Waals surface area contributed by atoms with E-state index in [0.29, 0.717) is 13.1 Å². The summed E-state index contributed by atoms with van der Waals surface area (Å²) in [6, 6.07) is -0.465.